The van der Waals surface area contributed by atoms with Crippen molar-refractivity contribution in [2.24, 2.45) is 0 Å². The van der Waals surface area contributed by atoms with Gasteiger partial charge in [0.1, 0.15) is 18.0 Å². The number of ether oxygens (including phenoxy) is 1. The molecule has 1 aliphatic heterocycles. The Labute approximate surface area is 95.7 Å². The Morgan fingerprint density at radius 2 is 2.31 bits per heavy atom. The minimum absolute atomic E-state index is 0.211. The predicted molar refractivity (Wildman–Crippen MR) is 65.1 cm³/mol. The summed E-state index contributed by atoms with van der Waals surface area (Å²) in [5.74, 6) is 1.40. The molecule has 2 N–H and O–H groups in total. The zero-order valence-electron chi connectivity index (χ0n) is 9.71. The highest BCUT2D eigenvalue weighted by molar-refractivity contribution is 5.72. The number of hydrogen-bond acceptors (Lipinski definition) is 3. The van der Waals surface area contributed by atoms with Gasteiger partial charge in [-0.2, -0.15) is 0 Å². The molecule has 0 aliphatic carbocycles. The number of benzene rings is 1. The molecule has 1 heterocycles. The fourth-order valence-electron chi connectivity index (χ4n) is 1.84. The molecule has 1 aliphatic rings. The van der Waals surface area contributed by atoms with Crippen LogP contribution < -0.4 is 10.1 Å². The Balaban J connectivity index is 2.50. The molecule has 0 spiro atoms. The Kier molecular flexibility index (Phi) is 2.77. The van der Waals surface area contributed by atoms with Gasteiger partial charge in [0, 0.05) is 5.70 Å². The lowest BCUT2D eigenvalue weighted by molar-refractivity contribution is 0.337. The van der Waals surface area contributed by atoms with Crippen LogP contribution >= 0.6 is 0 Å². The summed E-state index contributed by atoms with van der Waals surface area (Å²) in [5.41, 5.74) is 2.55. The third kappa shape index (κ3) is 1.73. The van der Waals surface area contributed by atoms with Gasteiger partial charge in [0.25, 0.3) is 0 Å². The SMILES string of the molecule is C=C1COc2c(C(C)CC)ccc(O)c2N1. The van der Waals surface area contributed by atoms with Crippen molar-refractivity contribution in [1.29, 1.82) is 0 Å². The van der Waals surface area contributed by atoms with Gasteiger partial charge in [-0.15, -0.1) is 0 Å². The van der Waals surface area contributed by atoms with Crippen molar-refractivity contribution in [2.45, 2.75) is 26.2 Å². The van der Waals surface area contributed by atoms with Gasteiger partial charge in [-0.3, -0.25) is 0 Å². The van der Waals surface area contributed by atoms with E-state index in [1.165, 1.54) is 0 Å². The number of aromatic hydroxyl groups is 1. The van der Waals surface area contributed by atoms with Crippen molar-refractivity contribution >= 4 is 5.69 Å². The number of anilines is 1. The first-order valence-corrected chi connectivity index (χ1v) is 5.57. The van der Waals surface area contributed by atoms with E-state index in [-0.39, 0.29) is 5.75 Å². The van der Waals surface area contributed by atoms with Crippen LogP contribution in [0.5, 0.6) is 11.5 Å². The van der Waals surface area contributed by atoms with Gasteiger partial charge < -0.3 is 15.2 Å². The highest BCUT2D eigenvalue weighted by Crippen LogP contribution is 2.43. The average Bonchev–Trinajstić information content (AvgIpc) is 2.29. The molecule has 1 aromatic rings. The van der Waals surface area contributed by atoms with E-state index in [4.69, 9.17) is 4.74 Å². The van der Waals surface area contributed by atoms with Crippen LogP contribution in [0, 0.1) is 0 Å². The Bertz CT molecular complexity index is 426. The summed E-state index contributed by atoms with van der Waals surface area (Å²) in [4.78, 5) is 0. The second-order valence-corrected chi connectivity index (χ2v) is 4.20. The van der Waals surface area contributed by atoms with Crippen molar-refractivity contribution in [3.8, 4) is 11.5 Å². The maximum Gasteiger partial charge on any atom is 0.150 e. The van der Waals surface area contributed by atoms with Crippen LogP contribution in [0.3, 0.4) is 0 Å². The minimum atomic E-state index is 0.211. The largest absolute Gasteiger partial charge is 0.506 e. The second kappa shape index (κ2) is 4.08. The first-order chi connectivity index (χ1) is 7.63. The fourth-order valence-corrected chi connectivity index (χ4v) is 1.84. The van der Waals surface area contributed by atoms with Gasteiger partial charge in [0.15, 0.2) is 5.75 Å². The average molecular weight is 219 g/mol. The van der Waals surface area contributed by atoms with E-state index in [1.54, 1.807) is 6.07 Å². The van der Waals surface area contributed by atoms with Crippen molar-refractivity contribution in [1.82, 2.24) is 0 Å². The molecule has 0 bridgehead atoms. The maximum atomic E-state index is 9.77. The lowest BCUT2D eigenvalue weighted by atomic mass is 9.96. The van der Waals surface area contributed by atoms with Crippen molar-refractivity contribution in [2.75, 3.05) is 11.9 Å². The molecule has 0 saturated heterocycles. The summed E-state index contributed by atoms with van der Waals surface area (Å²) in [5, 5.41) is 12.8. The third-order valence-corrected chi connectivity index (χ3v) is 3.00. The van der Waals surface area contributed by atoms with E-state index in [1.807, 2.05) is 6.07 Å². The summed E-state index contributed by atoms with van der Waals surface area (Å²) in [6, 6.07) is 3.63. The number of nitrogens with one attached hydrogen (secondary N) is 1. The number of phenolic OH excluding ortho intramolecular Hbond substituents is 1. The van der Waals surface area contributed by atoms with Gasteiger partial charge in [0.2, 0.25) is 0 Å². The Morgan fingerprint density at radius 1 is 1.56 bits per heavy atom. The van der Waals surface area contributed by atoms with E-state index < -0.39 is 0 Å². The first kappa shape index (κ1) is 10.9. The maximum absolute atomic E-state index is 9.77. The van der Waals surface area contributed by atoms with E-state index in [0.29, 0.717) is 18.2 Å². The summed E-state index contributed by atoms with van der Waals surface area (Å²) in [6.07, 6.45) is 1.04. The molecule has 2 rings (SSSR count). The lowest BCUT2D eigenvalue weighted by Gasteiger charge is -2.25. The molecule has 0 amide bonds. The number of fused-ring (bicyclic) bond motifs is 1. The number of hydrogen-bond donors (Lipinski definition) is 2. The Hall–Kier alpha value is -1.64. The molecule has 1 aromatic carbocycles. The predicted octanol–water partition coefficient (Wildman–Crippen LogP) is 3.22. The van der Waals surface area contributed by atoms with Gasteiger partial charge in [-0.1, -0.05) is 26.5 Å². The smallest absolute Gasteiger partial charge is 0.150 e. The summed E-state index contributed by atoms with van der Waals surface area (Å²) >= 11 is 0. The topological polar surface area (TPSA) is 41.5 Å². The molecule has 0 aromatic heterocycles. The van der Waals surface area contributed by atoms with E-state index >= 15 is 0 Å². The zero-order chi connectivity index (χ0) is 11.7. The molecule has 3 heteroatoms. The second-order valence-electron chi connectivity index (χ2n) is 4.20. The molecular formula is C13H17NO2. The molecular weight excluding hydrogens is 202 g/mol. The van der Waals surface area contributed by atoms with Crippen molar-refractivity contribution < 1.29 is 9.84 Å². The molecule has 1 atom stereocenters. The van der Waals surface area contributed by atoms with E-state index in [0.717, 1.165) is 23.4 Å². The fraction of sp³-hybridized carbons (Fsp3) is 0.385. The molecule has 0 radical (unpaired) electrons. The van der Waals surface area contributed by atoms with Crippen LogP contribution in [0.2, 0.25) is 0 Å². The molecule has 86 valence electrons. The zero-order valence-corrected chi connectivity index (χ0v) is 9.71. The Morgan fingerprint density at radius 3 is 3.00 bits per heavy atom. The van der Waals surface area contributed by atoms with Crippen LogP contribution in [0.15, 0.2) is 24.4 Å². The van der Waals surface area contributed by atoms with Crippen LogP contribution in [0.4, 0.5) is 5.69 Å². The number of rotatable bonds is 2. The lowest BCUT2D eigenvalue weighted by Crippen LogP contribution is -2.17. The van der Waals surface area contributed by atoms with E-state index in [9.17, 15) is 5.11 Å². The molecule has 0 fully saturated rings. The summed E-state index contributed by atoms with van der Waals surface area (Å²) < 4.78 is 5.65. The van der Waals surface area contributed by atoms with Crippen molar-refractivity contribution in [3.63, 3.8) is 0 Å². The van der Waals surface area contributed by atoms with Gasteiger partial charge in [-0.25, -0.2) is 0 Å². The summed E-state index contributed by atoms with van der Waals surface area (Å²) in [6.45, 7) is 8.55. The standard InChI is InChI=1S/C13H17NO2/c1-4-8(2)10-5-6-11(15)12-13(10)16-7-9(3)14-12/h5-6,8,14-15H,3-4,7H2,1-2H3. The molecule has 16 heavy (non-hydrogen) atoms. The first-order valence-electron chi connectivity index (χ1n) is 5.57. The van der Waals surface area contributed by atoms with Crippen LogP contribution in [0.25, 0.3) is 0 Å². The monoisotopic (exact) mass is 219 g/mol. The number of phenols is 1. The van der Waals surface area contributed by atoms with Crippen molar-refractivity contribution in [3.05, 3.63) is 30.0 Å². The van der Waals surface area contributed by atoms with E-state index in [2.05, 4.69) is 25.7 Å². The normalized spacial score (nSPS) is 16.0. The minimum Gasteiger partial charge on any atom is -0.506 e. The highest BCUT2D eigenvalue weighted by atomic mass is 16.5. The molecule has 3 nitrogen and oxygen atoms in total. The van der Waals surface area contributed by atoms with Crippen LogP contribution in [-0.2, 0) is 0 Å². The van der Waals surface area contributed by atoms with Crippen LogP contribution in [-0.4, -0.2) is 11.7 Å². The quantitative estimate of drug-likeness (QED) is 0.750. The van der Waals surface area contributed by atoms with Gasteiger partial charge in [-0.05, 0) is 24.0 Å². The summed E-state index contributed by atoms with van der Waals surface area (Å²) in [7, 11) is 0. The molecule has 1 unspecified atom stereocenters. The third-order valence-electron chi connectivity index (χ3n) is 3.00. The van der Waals surface area contributed by atoms with Gasteiger partial charge in [0.05, 0.1) is 0 Å². The highest BCUT2D eigenvalue weighted by Gasteiger charge is 2.21. The van der Waals surface area contributed by atoms with Crippen LogP contribution in [0.1, 0.15) is 31.7 Å². The van der Waals surface area contributed by atoms with Gasteiger partial charge >= 0.3 is 0 Å². The molecule has 0 saturated carbocycles.